The standard InChI is InChI=1S/C14H23NS/c1-4-12(3)11-16-14-8-6-7-13(9-14)10-15-5-2/h6-9,12,15H,4-5,10-11H2,1-3H3. The maximum atomic E-state index is 3.36. The van der Waals surface area contributed by atoms with E-state index in [0.29, 0.717) is 0 Å². The summed E-state index contributed by atoms with van der Waals surface area (Å²) in [5.41, 5.74) is 1.39. The summed E-state index contributed by atoms with van der Waals surface area (Å²) in [5.74, 6) is 2.03. The van der Waals surface area contributed by atoms with E-state index >= 15 is 0 Å². The van der Waals surface area contributed by atoms with E-state index in [2.05, 4.69) is 50.4 Å². The topological polar surface area (TPSA) is 12.0 Å². The molecule has 1 N–H and O–H groups in total. The Labute approximate surface area is 104 Å². The molecule has 0 radical (unpaired) electrons. The molecule has 0 aromatic heterocycles. The highest BCUT2D eigenvalue weighted by Crippen LogP contribution is 2.22. The van der Waals surface area contributed by atoms with Crippen molar-refractivity contribution in [1.82, 2.24) is 5.32 Å². The summed E-state index contributed by atoms with van der Waals surface area (Å²) in [4.78, 5) is 1.40. The monoisotopic (exact) mass is 237 g/mol. The zero-order valence-electron chi connectivity index (χ0n) is 10.6. The van der Waals surface area contributed by atoms with Crippen LogP contribution in [-0.2, 0) is 6.54 Å². The van der Waals surface area contributed by atoms with Gasteiger partial charge in [0.25, 0.3) is 0 Å². The van der Waals surface area contributed by atoms with E-state index in [1.165, 1.54) is 22.6 Å². The van der Waals surface area contributed by atoms with Gasteiger partial charge in [-0.2, -0.15) is 0 Å². The molecule has 0 aliphatic heterocycles. The van der Waals surface area contributed by atoms with Crippen molar-refractivity contribution in [2.75, 3.05) is 12.3 Å². The van der Waals surface area contributed by atoms with Gasteiger partial charge in [0, 0.05) is 17.2 Å². The fourth-order valence-corrected chi connectivity index (χ4v) is 2.49. The molecule has 1 nitrogen and oxygen atoms in total. The predicted molar refractivity (Wildman–Crippen MR) is 74.0 cm³/mol. The molecule has 0 saturated carbocycles. The van der Waals surface area contributed by atoms with Crippen molar-refractivity contribution >= 4 is 11.8 Å². The van der Waals surface area contributed by atoms with Crippen molar-refractivity contribution < 1.29 is 0 Å². The van der Waals surface area contributed by atoms with Gasteiger partial charge in [0.1, 0.15) is 0 Å². The van der Waals surface area contributed by atoms with Crippen LogP contribution >= 0.6 is 11.8 Å². The highest BCUT2D eigenvalue weighted by Gasteiger charge is 2.01. The summed E-state index contributed by atoms with van der Waals surface area (Å²) < 4.78 is 0. The Hall–Kier alpha value is -0.470. The van der Waals surface area contributed by atoms with Gasteiger partial charge in [-0.05, 0) is 30.2 Å². The first-order valence-electron chi connectivity index (χ1n) is 6.18. The molecule has 0 aliphatic rings. The Balaban J connectivity index is 2.46. The summed E-state index contributed by atoms with van der Waals surface area (Å²) in [5, 5.41) is 3.36. The lowest BCUT2D eigenvalue weighted by atomic mass is 10.2. The molecule has 1 aromatic carbocycles. The minimum absolute atomic E-state index is 0.808. The molecule has 1 aromatic rings. The largest absolute Gasteiger partial charge is 0.313 e. The molecule has 90 valence electrons. The van der Waals surface area contributed by atoms with E-state index in [0.717, 1.165) is 19.0 Å². The van der Waals surface area contributed by atoms with Gasteiger partial charge in [0.2, 0.25) is 0 Å². The zero-order valence-corrected chi connectivity index (χ0v) is 11.4. The number of hydrogen-bond acceptors (Lipinski definition) is 2. The predicted octanol–water partition coefficient (Wildman–Crippen LogP) is 3.93. The van der Waals surface area contributed by atoms with Crippen LogP contribution in [0.15, 0.2) is 29.2 Å². The molecule has 0 aliphatic carbocycles. The van der Waals surface area contributed by atoms with E-state index in [4.69, 9.17) is 0 Å². The van der Waals surface area contributed by atoms with Crippen LogP contribution in [-0.4, -0.2) is 12.3 Å². The highest BCUT2D eigenvalue weighted by molar-refractivity contribution is 7.99. The third-order valence-corrected chi connectivity index (χ3v) is 4.03. The first-order chi connectivity index (χ1) is 7.76. The number of thioether (sulfide) groups is 1. The number of rotatable bonds is 7. The van der Waals surface area contributed by atoms with Crippen molar-refractivity contribution in [2.45, 2.75) is 38.6 Å². The molecule has 0 amide bonds. The average Bonchev–Trinajstić information content (AvgIpc) is 2.34. The van der Waals surface area contributed by atoms with Crippen LogP contribution in [0.5, 0.6) is 0 Å². The quantitative estimate of drug-likeness (QED) is 0.721. The number of nitrogens with one attached hydrogen (secondary N) is 1. The van der Waals surface area contributed by atoms with Crippen LogP contribution in [0.4, 0.5) is 0 Å². The van der Waals surface area contributed by atoms with Crippen LogP contribution in [0.3, 0.4) is 0 Å². The lowest BCUT2D eigenvalue weighted by Gasteiger charge is -2.09. The smallest absolute Gasteiger partial charge is 0.0205 e. The van der Waals surface area contributed by atoms with Gasteiger partial charge in [-0.15, -0.1) is 11.8 Å². The van der Waals surface area contributed by atoms with Gasteiger partial charge < -0.3 is 5.32 Å². The third kappa shape index (κ3) is 5.04. The van der Waals surface area contributed by atoms with Crippen molar-refractivity contribution in [1.29, 1.82) is 0 Å². The van der Waals surface area contributed by atoms with Gasteiger partial charge in [-0.1, -0.05) is 39.3 Å². The molecule has 0 saturated heterocycles. The van der Waals surface area contributed by atoms with Crippen molar-refractivity contribution in [3.8, 4) is 0 Å². The minimum Gasteiger partial charge on any atom is -0.313 e. The number of hydrogen-bond donors (Lipinski definition) is 1. The second kappa shape index (κ2) is 7.75. The Morgan fingerprint density at radius 2 is 2.12 bits per heavy atom. The summed E-state index contributed by atoms with van der Waals surface area (Å²) in [6, 6.07) is 8.86. The molecule has 2 heteroatoms. The van der Waals surface area contributed by atoms with Crippen LogP contribution in [0.1, 0.15) is 32.8 Å². The third-order valence-electron chi connectivity index (χ3n) is 2.71. The fraction of sp³-hybridized carbons (Fsp3) is 0.571. The van der Waals surface area contributed by atoms with Gasteiger partial charge in [-0.3, -0.25) is 0 Å². The molecule has 1 atom stereocenters. The molecular formula is C14H23NS. The summed E-state index contributed by atoms with van der Waals surface area (Å²) >= 11 is 1.97. The van der Waals surface area contributed by atoms with Gasteiger partial charge in [-0.25, -0.2) is 0 Å². The summed E-state index contributed by atoms with van der Waals surface area (Å²) in [7, 11) is 0. The average molecular weight is 237 g/mol. The summed E-state index contributed by atoms with van der Waals surface area (Å²) in [6.07, 6.45) is 1.27. The SMILES string of the molecule is CCNCc1cccc(SCC(C)CC)c1. The maximum Gasteiger partial charge on any atom is 0.0205 e. The van der Waals surface area contributed by atoms with E-state index in [1.54, 1.807) is 0 Å². The molecule has 16 heavy (non-hydrogen) atoms. The lowest BCUT2D eigenvalue weighted by Crippen LogP contribution is -2.11. The molecular weight excluding hydrogens is 214 g/mol. The second-order valence-electron chi connectivity index (χ2n) is 4.25. The van der Waals surface area contributed by atoms with Crippen LogP contribution in [0.25, 0.3) is 0 Å². The van der Waals surface area contributed by atoms with Crippen LogP contribution in [0.2, 0.25) is 0 Å². The van der Waals surface area contributed by atoms with E-state index < -0.39 is 0 Å². The normalized spacial score (nSPS) is 12.7. The maximum absolute atomic E-state index is 3.36. The molecule has 1 rings (SSSR count). The Morgan fingerprint density at radius 1 is 1.31 bits per heavy atom. The first-order valence-corrected chi connectivity index (χ1v) is 7.17. The van der Waals surface area contributed by atoms with Crippen LogP contribution in [0, 0.1) is 5.92 Å². The van der Waals surface area contributed by atoms with Crippen molar-refractivity contribution in [3.63, 3.8) is 0 Å². The minimum atomic E-state index is 0.808. The summed E-state index contributed by atoms with van der Waals surface area (Å²) in [6.45, 7) is 8.72. The van der Waals surface area contributed by atoms with E-state index in [1.807, 2.05) is 11.8 Å². The molecule has 1 unspecified atom stereocenters. The van der Waals surface area contributed by atoms with Gasteiger partial charge >= 0.3 is 0 Å². The Kier molecular flexibility index (Phi) is 6.58. The molecule has 0 fully saturated rings. The van der Waals surface area contributed by atoms with E-state index in [9.17, 15) is 0 Å². The zero-order chi connectivity index (χ0) is 11.8. The van der Waals surface area contributed by atoms with Gasteiger partial charge in [0.05, 0.1) is 0 Å². The Bertz CT molecular complexity index is 299. The lowest BCUT2D eigenvalue weighted by molar-refractivity contribution is 0.637. The van der Waals surface area contributed by atoms with Crippen LogP contribution < -0.4 is 5.32 Å². The van der Waals surface area contributed by atoms with E-state index in [-0.39, 0.29) is 0 Å². The second-order valence-corrected chi connectivity index (χ2v) is 5.35. The molecule has 0 heterocycles. The molecule has 0 bridgehead atoms. The van der Waals surface area contributed by atoms with Gasteiger partial charge in [0.15, 0.2) is 0 Å². The number of benzene rings is 1. The van der Waals surface area contributed by atoms with Crippen molar-refractivity contribution in [3.05, 3.63) is 29.8 Å². The van der Waals surface area contributed by atoms with Crippen molar-refractivity contribution in [2.24, 2.45) is 5.92 Å². The first kappa shape index (κ1) is 13.6. The highest BCUT2D eigenvalue weighted by atomic mass is 32.2. The Morgan fingerprint density at radius 3 is 2.81 bits per heavy atom. The fourth-order valence-electron chi connectivity index (χ4n) is 1.37. The molecule has 0 spiro atoms.